The number of aliphatic hydroxyl groups excluding tert-OH is 1. The number of rotatable bonds is 12. The summed E-state index contributed by atoms with van der Waals surface area (Å²) in [4.78, 5) is 0. The van der Waals surface area contributed by atoms with Crippen LogP contribution in [0, 0.1) is 0 Å². The second-order valence-corrected chi connectivity index (χ2v) is 7.93. The maximum Gasteiger partial charge on any atom is 0.0611 e. The molecule has 0 saturated carbocycles. The molecule has 27 heavy (non-hydrogen) atoms. The fourth-order valence-electron chi connectivity index (χ4n) is 3.42. The lowest BCUT2D eigenvalue weighted by Gasteiger charge is -2.25. The standard InChI is InChI=1S/C25H37NO/c1-3-5-6-7-8-9-21-10-14-23(15-11-21)24-16-12-22(13-17-24)18-19-25(26,4-2)20-27/h10-17,27H,3-9,18-20,26H2,1-2H3. The smallest absolute Gasteiger partial charge is 0.0611 e. The Hall–Kier alpha value is -1.64. The van der Waals surface area contributed by atoms with Gasteiger partial charge in [0.05, 0.1) is 6.61 Å². The van der Waals surface area contributed by atoms with E-state index in [-0.39, 0.29) is 6.61 Å². The van der Waals surface area contributed by atoms with Gasteiger partial charge in [-0.3, -0.25) is 0 Å². The summed E-state index contributed by atoms with van der Waals surface area (Å²) < 4.78 is 0. The molecule has 0 aromatic heterocycles. The zero-order valence-electron chi connectivity index (χ0n) is 17.2. The van der Waals surface area contributed by atoms with Gasteiger partial charge in [-0.05, 0) is 54.4 Å². The lowest BCUT2D eigenvalue weighted by molar-refractivity contribution is 0.183. The molecule has 0 aliphatic carbocycles. The third-order valence-electron chi connectivity index (χ3n) is 5.74. The van der Waals surface area contributed by atoms with Crippen LogP contribution in [0.25, 0.3) is 11.1 Å². The minimum absolute atomic E-state index is 0.0482. The summed E-state index contributed by atoms with van der Waals surface area (Å²) >= 11 is 0. The number of unbranched alkanes of at least 4 members (excludes halogenated alkanes) is 4. The highest BCUT2D eigenvalue weighted by Gasteiger charge is 2.20. The Morgan fingerprint density at radius 2 is 1.26 bits per heavy atom. The van der Waals surface area contributed by atoms with E-state index in [1.807, 2.05) is 6.92 Å². The van der Waals surface area contributed by atoms with Crippen molar-refractivity contribution in [3.05, 3.63) is 59.7 Å². The summed E-state index contributed by atoms with van der Waals surface area (Å²) in [6.07, 6.45) is 10.4. The lowest BCUT2D eigenvalue weighted by atomic mass is 9.90. The molecule has 0 amide bonds. The number of nitrogens with two attached hydrogens (primary N) is 1. The molecule has 3 N–H and O–H groups in total. The Kier molecular flexibility index (Phi) is 9.03. The van der Waals surface area contributed by atoms with Crippen LogP contribution in [0.5, 0.6) is 0 Å². The molecule has 1 unspecified atom stereocenters. The SMILES string of the molecule is CCCCCCCc1ccc(-c2ccc(CCC(N)(CC)CO)cc2)cc1. The molecule has 0 heterocycles. The van der Waals surface area contributed by atoms with Crippen LogP contribution in [0.4, 0.5) is 0 Å². The van der Waals surface area contributed by atoms with E-state index in [2.05, 4.69) is 55.5 Å². The second-order valence-electron chi connectivity index (χ2n) is 7.93. The summed E-state index contributed by atoms with van der Waals surface area (Å²) in [5.41, 5.74) is 11.0. The van der Waals surface area contributed by atoms with Crippen LogP contribution in [0.3, 0.4) is 0 Å². The van der Waals surface area contributed by atoms with Crippen molar-refractivity contribution in [3.63, 3.8) is 0 Å². The van der Waals surface area contributed by atoms with Gasteiger partial charge >= 0.3 is 0 Å². The normalized spacial score (nSPS) is 13.5. The first-order chi connectivity index (χ1) is 13.1. The molecule has 0 spiro atoms. The molecule has 0 saturated heterocycles. The van der Waals surface area contributed by atoms with Crippen LogP contribution >= 0.6 is 0 Å². The van der Waals surface area contributed by atoms with Crippen molar-refractivity contribution >= 4 is 0 Å². The fraction of sp³-hybridized carbons (Fsp3) is 0.520. The van der Waals surface area contributed by atoms with Crippen molar-refractivity contribution in [1.82, 2.24) is 0 Å². The molecule has 0 aliphatic heterocycles. The van der Waals surface area contributed by atoms with Crippen molar-refractivity contribution in [1.29, 1.82) is 0 Å². The first kappa shape index (κ1) is 21.7. The van der Waals surface area contributed by atoms with Gasteiger partial charge in [0.1, 0.15) is 0 Å². The minimum Gasteiger partial charge on any atom is -0.394 e. The summed E-state index contributed by atoms with van der Waals surface area (Å²) in [7, 11) is 0. The van der Waals surface area contributed by atoms with Gasteiger partial charge in [-0.15, -0.1) is 0 Å². The van der Waals surface area contributed by atoms with Crippen molar-refractivity contribution in [2.45, 2.75) is 77.2 Å². The van der Waals surface area contributed by atoms with Crippen LogP contribution in [-0.4, -0.2) is 17.3 Å². The summed E-state index contributed by atoms with van der Waals surface area (Å²) in [6.45, 7) is 4.34. The molecule has 0 aliphatic rings. The third kappa shape index (κ3) is 7.12. The van der Waals surface area contributed by atoms with Crippen LogP contribution in [-0.2, 0) is 12.8 Å². The molecule has 0 bridgehead atoms. The van der Waals surface area contributed by atoms with Gasteiger partial charge in [0, 0.05) is 5.54 Å². The van der Waals surface area contributed by atoms with Crippen molar-refractivity contribution in [2.24, 2.45) is 5.73 Å². The predicted octanol–water partition coefficient (Wildman–Crippen LogP) is 5.90. The van der Waals surface area contributed by atoms with Crippen LogP contribution in [0.2, 0.25) is 0 Å². The summed E-state index contributed by atoms with van der Waals surface area (Å²) in [6, 6.07) is 17.8. The maximum atomic E-state index is 9.45. The highest BCUT2D eigenvalue weighted by molar-refractivity contribution is 5.64. The first-order valence-electron chi connectivity index (χ1n) is 10.7. The fourth-order valence-corrected chi connectivity index (χ4v) is 3.42. The van der Waals surface area contributed by atoms with Crippen molar-refractivity contribution < 1.29 is 5.11 Å². The van der Waals surface area contributed by atoms with Gasteiger partial charge in [-0.1, -0.05) is 88.1 Å². The number of hydrogen-bond donors (Lipinski definition) is 2. The lowest BCUT2D eigenvalue weighted by Crippen LogP contribution is -2.43. The molecule has 2 nitrogen and oxygen atoms in total. The molecule has 2 aromatic carbocycles. The Balaban J connectivity index is 1.87. The minimum atomic E-state index is -0.453. The molecule has 0 fully saturated rings. The van der Waals surface area contributed by atoms with E-state index in [0.717, 1.165) is 19.3 Å². The molecule has 2 rings (SSSR count). The second kappa shape index (κ2) is 11.3. The Morgan fingerprint density at radius 3 is 1.74 bits per heavy atom. The van der Waals surface area contributed by atoms with Gasteiger partial charge in [0.2, 0.25) is 0 Å². The number of aliphatic hydroxyl groups is 1. The van der Waals surface area contributed by atoms with E-state index in [9.17, 15) is 5.11 Å². The van der Waals surface area contributed by atoms with E-state index in [4.69, 9.17) is 5.73 Å². The zero-order valence-corrected chi connectivity index (χ0v) is 17.2. The Bertz CT molecular complexity index is 641. The van der Waals surface area contributed by atoms with Gasteiger partial charge in [0.25, 0.3) is 0 Å². The monoisotopic (exact) mass is 367 g/mol. The van der Waals surface area contributed by atoms with Crippen molar-refractivity contribution in [3.8, 4) is 11.1 Å². The average Bonchev–Trinajstić information content (AvgIpc) is 2.73. The topological polar surface area (TPSA) is 46.2 Å². The average molecular weight is 368 g/mol. The molecule has 148 valence electrons. The van der Waals surface area contributed by atoms with E-state index >= 15 is 0 Å². The van der Waals surface area contributed by atoms with Gasteiger partial charge < -0.3 is 10.8 Å². The van der Waals surface area contributed by atoms with E-state index < -0.39 is 5.54 Å². The van der Waals surface area contributed by atoms with Crippen LogP contribution in [0.1, 0.15) is 69.9 Å². The molecule has 0 radical (unpaired) electrons. The molecule has 2 heteroatoms. The van der Waals surface area contributed by atoms with Crippen LogP contribution in [0.15, 0.2) is 48.5 Å². The van der Waals surface area contributed by atoms with E-state index in [1.165, 1.54) is 60.8 Å². The maximum absolute atomic E-state index is 9.45. The van der Waals surface area contributed by atoms with Gasteiger partial charge in [0.15, 0.2) is 0 Å². The predicted molar refractivity (Wildman–Crippen MR) is 117 cm³/mol. The number of aryl methyl sites for hydroxylation is 2. The third-order valence-corrected chi connectivity index (χ3v) is 5.74. The molecular formula is C25H37NO. The van der Waals surface area contributed by atoms with Gasteiger partial charge in [-0.2, -0.15) is 0 Å². The molecule has 1 atom stereocenters. The highest BCUT2D eigenvalue weighted by Crippen LogP contribution is 2.22. The van der Waals surface area contributed by atoms with Crippen LogP contribution < -0.4 is 5.73 Å². The molecular weight excluding hydrogens is 330 g/mol. The Labute approximate surface area is 165 Å². The van der Waals surface area contributed by atoms with Gasteiger partial charge in [-0.25, -0.2) is 0 Å². The zero-order chi connectivity index (χ0) is 19.5. The summed E-state index contributed by atoms with van der Waals surface area (Å²) in [5, 5.41) is 9.45. The highest BCUT2D eigenvalue weighted by atomic mass is 16.3. The first-order valence-corrected chi connectivity index (χ1v) is 10.7. The molecule has 2 aromatic rings. The quantitative estimate of drug-likeness (QED) is 0.459. The largest absolute Gasteiger partial charge is 0.394 e. The Morgan fingerprint density at radius 1 is 0.741 bits per heavy atom. The van der Waals surface area contributed by atoms with Crippen molar-refractivity contribution in [2.75, 3.05) is 6.61 Å². The van der Waals surface area contributed by atoms with E-state index in [0.29, 0.717) is 0 Å². The summed E-state index contributed by atoms with van der Waals surface area (Å²) in [5.74, 6) is 0. The number of hydrogen-bond acceptors (Lipinski definition) is 2. The number of benzene rings is 2. The van der Waals surface area contributed by atoms with E-state index in [1.54, 1.807) is 0 Å².